The van der Waals surface area contributed by atoms with Crippen molar-refractivity contribution in [1.82, 2.24) is 0 Å². The Labute approximate surface area is 113 Å². The SMILES string of the molecule is CCOC(=O)CSCCCCCC1=CCCC1=O. The normalized spacial score (nSPS) is 14.7. The first-order valence-electron chi connectivity index (χ1n) is 6.69. The van der Waals surface area contributed by atoms with Crippen LogP contribution in [0.4, 0.5) is 0 Å². The number of ether oxygens (including phenoxy) is 1. The molecule has 0 aliphatic heterocycles. The average Bonchev–Trinajstić information content (AvgIpc) is 2.74. The van der Waals surface area contributed by atoms with Crippen LogP contribution in [0.15, 0.2) is 11.6 Å². The van der Waals surface area contributed by atoms with Crippen LogP contribution < -0.4 is 0 Å². The number of ketones is 1. The molecular weight excluding hydrogens is 248 g/mol. The van der Waals surface area contributed by atoms with E-state index >= 15 is 0 Å². The van der Waals surface area contributed by atoms with Gasteiger partial charge in [0.25, 0.3) is 0 Å². The lowest BCUT2D eigenvalue weighted by Crippen LogP contribution is -2.06. The highest BCUT2D eigenvalue weighted by molar-refractivity contribution is 7.99. The second-order valence-corrected chi connectivity index (χ2v) is 5.46. The van der Waals surface area contributed by atoms with Crippen molar-refractivity contribution >= 4 is 23.5 Å². The lowest BCUT2D eigenvalue weighted by Gasteiger charge is -2.03. The van der Waals surface area contributed by atoms with E-state index in [2.05, 4.69) is 6.08 Å². The van der Waals surface area contributed by atoms with Crippen LogP contribution in [0, 0.1) is 0 Å². The van der Waals surface area contributed by atoms with E-state index in [1.54, 1.807) is 11.8 Å². The third-order valence-electron chi connectivity index (χ3n) is 2.88. The van der Waals surface area contributed by atoms with Gasteiger partial charge in [0.2, 0.25) is 0 Å². The highest BCUT2D eigenvalue weighted by atomic mass is 32.2. The summed E-state index contributed by atoms with van der Waals surface area (Å²) >= 11 is 1.63. The fourth-order valence-corrected chi connectivity index (χ4v) is 2.75. The van der Waals surface area contributed by atoms with E-state index in [0.717, 1.165) is 43.4 Å². The van der Waals surface area contributed by atoms with Crippen molar-refractivity contribution in [2.24, 2.45) is 0 Å². The van der Waals surface area contributed by atoms with Crippen LogP contribution in [-0.4, -0.2) is 29.9 Å². The molecule has 1 aliphatic rings. The summed E-state index contributed by atoms with van der Waals surface area (Å²) in [5, 5.41) is 0. The van der Waals surface area contributed by atoms with Gasteiger partial charge < -0.3 is 4.74 Å². The summed E-state index contributed by atoms with van der Waals surface area (Å²) in [7, 11) is 0. The van der Waals surface area contributed by atoms with Crippen LogP contribution in [0.3, 0.4) is 0 Å². The lowest BCUT2D eigenvalue weighted by molar-refractivity contribution is -0.139. The zero-order valence-corrected chi connectivity index (χ0v) is 11.9. The van der Waals surface area contributed by atoms with Gasteiger partial charge in [0, 0.05) is 6.42 Å². The van der Waals surface area contributed by atoms with Gasteiger partial charge in [0.15, 0.2) is 5.78 Å². The molecule has 0 N–H and O–H groups in total. The number of thioether (sulfide) groups is 1. The average molecular weight is 270 g/mol. The first kappa shape index (κ1) is 15.3. The van der Waals surface area contributed by atoms with Crippen molar-refractivity contribution in [3.8, 4) is 0 Å². The van der Waals surface area contributed by atoms with Crippen molar-refractivity contribution in [3.05, 3.63) is 11.6 Å². The van der Waals surface area contributed by atoms with Gasteiger partial charge in [-0.3, -0.25) is 9.59 Å². The number of rotatable bonds is 9. The van der Waals surface area contributed by atoms with Crippen LogP contribution >= 0.6 is 11.8 Å². The Bertz CT molecular complexity index is 310. The molecule has 1 aliphatic carbocycles. The van der Waals surface area contributed by atoms with Crippen molar-refractivity contribution in [3.63, 3.8) is 0 Å². The second-order valence-electron chi connectivity index (χ2n) is 4.36. The van der Waals surface area contributed by atoms with Crippen molar-refractivity contribution in [1.29, 1.82) is 0 Å². The molecule has 4 heteroatoms. The predicted molar refractivity (Wildman–Crippen MR) is 74.8 cm³/mol. The zero-order chi connectivity index (χ0) is 13.2. The van der Waals surface area contributed by atoms with Crippen molar-refractivity contribution in [2.75, 3.05) is 18.1 Å². The molecule has 0 saturated heterocycles. The first-order chi connectivity index (χ1) is 8.74. The molecule has 0 saturated carbocycles. The third-order valence-corrected chi connectivity index (χ3v) is 3.90. The van der Waals surface area contributed by atoms with E-state index in [1.807, 2.05) is 6.92 Å². The molecule has 0 aromatic rings. The smallest absolute Gasteiger partial charge is 0.315 e. The van der Waals surface area contributed by atoms with E-state index in [-0.39, 0.29) is 5.97 Å². The standard InChI is InChI=1S/C14H22O3S/c1-2-17-14(16)11-18-10-5-3-4-7-12-8-6-9-13(12)15/h8H,2-7,9-11H2,1H3. The number of carbonyl (C=O) groups excluding carboxylic acids is 2. The molecule has 0 radical (unpaired) electrons. The van der Waals surface area contributed by atoms with E-state index < -0.39 is 0 Å². The van der Waals surface area contributed by atoms with Crippen LogP contribution in [0.1, 0.15) is 45.4 Å². The van der Waals surface area contributed by atoms with Gasteiger partial charge in [-0.2, -0.15) is 11.8 Å². The summed E-state index contributed by atoms with van der Waals surface area (Å²) in [5.74, 6) is 1.67. The number of hydrogen-bond donors (Lipinski definition) is 0. The Balaban J connectivity index is 1.90. The number of Topliss-reactive ketones (excluding diaryl/α,β-unsaturated/α-hetero) is 1. The Morgan fingerprint density at radius 1 is 1.39 bits per heavy atom. The number of esters is 1. The van der Waals surface area contributed by atoms with Gasteiger partial charge in [0.05, 0.1) is 12.4 Å². The molecule has 0 heterocycles. The Morgan fingerprint density at radius 2 is 2.22 bits per heavy atom. The Hall–Kier alpha value is -0.770. The maximum Gasteiger partial charge on any atom is 0.315 e. The molecule has 18 heavy (non-hydrogen) atoms. The van der Waals surface area contributed by atoms with Gasteiger partial charge in [-0.1, -0.05) is 12.5 Å². The van der Waals surface area contributed by atoms with Crippen LogP contribution in [0.5, 0.6) is 0 Å². The number of carbonyl (C=O) groups is 2. The number of allylic oxidation sites excluding steroid dienone is 2. The molecule has 0 atom stereocenters. The largest absolute Gasteiger partial charge is 0.465 e. The molecule has 0 bridgehead atoms. The number of hydrogen-bond acceptors (Lipinski definition) is 4. The highest BCUT2D eigenvalue weighted by Crippen LogP contribution is 2.20. The van der Waals surface area contributed by atoms with Crippen LogP contribution in [-0.2, 0) is 14.3 Å². The van der Waals surface area contributed by atoms with E-state index in [9.17, 15) is 9.59 Å². The van der Waals surface area contributed by atoms with Gasteiger partial charge in [0.1, 0.15) is 0 Å². The predicted octanol–water partition coefficient (Wildman–Crippen LogP) is 3.13. The number of unbranched alkanes of at least 4 members (excludes halogenated alkanes) is 2. The zero-order valence-electron chi connectivity index (χ0n) is 11.1. The minimum atomic E-state index is -0.121. The quantitative estimate of drug-likeness (QED) is 0.477. The molecule has 3 nitrogen and oxygen atoms in total. The summed E-state index contributed by atoms with van der Waals surface area (Å²) in [5.41, 5.74) is 1.04. The van der Waals surface area contributed by atoms with E-state index in [4.69, 9.17) is 4.74 Å². The molecule has 0 fully saturated rings. The molecule has 0 unspecified atom stereocenters. The van der Waals surface area contributed by atoms with Crippen molar-refractivity contribution in [2.45, 2.75) is 45.4 Å². The van der Waals surface area contributed by atoms with E-state index in [1.165, 1.54) is 0 Å². The molecule has 0 amide bonds. The second kappa shape index (κ2) is 9.20. The van der Waals surface area contributed by atoms with Crippen LogP contribution in [0.2, 0.25) is 0 Å². The summed E-state index contributed by atoms with van der Waals surface area (Å²) in [4.78, 5) is 22.4. The van der Waals surface area contributed by atoms with Gasteiger partial charge >= 0.3 is 5.97 Å². The topological polar surface area (TPSA) is 43.4 Å². The summed E-state index contributed by atoms with van der Waals surface area (Å²) in [6.45, 7) is 2.28. The van der Waals surface area contributed by atoms with E-state index in [0.29, 0.717) is 24.6 Å². The first-order valence-corrected chi connectivity index (χ1v) is 7.85. The molecule has 0 spiro atoms. The summed E-state index contributed by atoms with van der Waals surface area (Å²) in [6, 6.07) is 0. The maximum absolute atomic E-state index is 11.4. The minimum Gasteiger partial charge on any atom is -0.465 e. The molecule has 102 valence electrons. The molecule has 0 aromatic carbocycles. The van der Waals surface area contributed by atoms with Gasteiger partial charge in [-0.15, -0.1) is 0 Å². The molecule has 1 rings (SSSR count). The van der Waals surface area contributed by atoms with Gasteiger partial charge in [-0.05, 0) is 43.9 Å². The minimum absolute atomic E-state index is 0.121. The highest BCUT2D eigenvalue weighted by Gasteiger charge is 2.13. The maximum atomic E-state index is 11.4. The summed E-state index contributed by atoms with van der Waals surface area (Å²) < 4.78 is 4.84. The lowest BCUT2D eigenvalue weighted by atomic mass is 10.1. The monoisotopic (exact) mass is 270 g/mol. The van der Waals surface area contributed by atoms with Crippen LogP contribution in [0.25, 0.3) is 0 Å². The fraction of sp³-hybridized carbons (Fsp3) is 0.714. The third kappa shape index (κ3) is 6.24. The fourth-order valence-electron chi connectivity index (χ4n) is 1.95. The van der Waals surface area contributed by atoms with Gasteiger partial charge in [-0.25, -0.2) is 0 Å². The Kier molecular flexibility index (Phi) is 7.81. The Morgan fingerprint density at radius 3 is 2.89 bits per heavy atom. The molecule has 0 aromatic heterocycles. The molecular formula is C14H22O3S. The van der Waals surface area contributed by atoms with Crippen molar-refractivity contribution < 1.29 is 14.3 Å². The summed E-state index contributed by atoms with van der Waals surface area (Å²) in [6.07, 6.45) is 7.97.